The number of rotatable bonds is 7. The molecule has 1 aliphatic heterocycles. The summed E-state index contributed by atoms with van der Waals surface area (Å²) >= 11 is 0. The van der Waals surface area contributed by atoms with Crippen molar-refractivity contribution in [1.29, 1.82) is 0 Å². The Morgan fingerprint density at radius 1 is 1.23 bits per heavy atom. The maximum Gasteiger partial charge on any atom is 0.272 e. The quantitative estimate of drug-likeness (QED) is 0.591. The molecule has 10 nitrogen and oxygen atoms in total. The van der Waals surface area contributed by atoms with E-state index in [0.29, 0.717) is 31.7 Å². The van der Waals surface area contributed by atoms with Crippen molar-refractivity contribution in [2.45, 2.75) is 25.2 Å². The van der Waals surface area contributed by atoms with Gasteiger partial charge in [-0.3, -0.25) is 9.10 Å². The van der Waals surface area contributed by atoms with Crippen LogP contribution in [0.4, 0.5) is 11.4 Å². The van der Waals surface area contributed by atoms with E-state index in [2.05, 4.69) is 5.32 Å². The molecule has 31 heavy (non-hydrogen) atoms. The Labute approximate surface area is 182 Å². The summed E-state index contributed by atoms with van der Waals surface area (Å²) in [6.45, 7) is 4.39. The molecule has 0 unspecified atom stereocenters. The second-order valence-corrected chi connectivity index (χ2v) is 11.1. The fourth-order valence-corrected chi connectivity index (χ4v) is 6.59. The van der Waals surface area contributed by atoms with Gasteiger partial charge in [-0.15, -0.1) is 0 Å². The van der Waals surface area contributed by atoms with Gasteiger partial charge in [0.25, 0.3) is 5.91 Å². The van der Waals surface area contributed by atoms with Crippen LogP contribution in [0, 0.1) is 0 Å². The van der Waals surface area contributed by atoms with Crippen LogP contribution in [0.3, 0.4) is 0 Å². The first-order valence-corrected chi connectivity index (χ1v) is 12.9. The molecule has 12 heteroatoms. The minimum absolute atomic E-state index is 0.00928. The summed E-state index contributed by atoms with van der Waals surface area (Å²) in [5.74, 6) is -0.831. The van der Waals surface area contributed by atoms with E-state index in [1.165, 1.54) is 43.6 Å². The highest BCUT2D eigenvalue weighted by Gasteiger charge is 2.29. The smallest absolute Gasteiger partial charge is 0.272 e. The molecule has 1 saturated heterocycles. The van der Waals surface area contributed by atoms with Gasteiger partial charge in [-0.25, -0.2) is 16.8 Å². The number of carbonyl (C=O) groups excluding carboxylic acids is 1. The van der Waals surface area contributed by atoms with Crippen LogP contribution in [0.2, 0.25) is 0 Å². The Balaban J connectivity index is 1.89. The molecule has 1 aliphatic rings. The molecular weight excluding hydrogens is 444 g/mol. The summed E-state index contributed by atoms with van der Waals surface area (Å²) in [7, 11) is -5.61. The first kappa shape index (κ1) is 23.1. The van der Waals surface area contributed by atoms with Crippen LogP contribution in [0.15, 0.2) is 35.4 Å². The number of amides is 1. The van der Waals surface area contributed by atoms with E-state index in [1.807, 2.05) is 0 Å². The van der Waals surface area contributed by atoms with E-state index in [1.54, 1.807) is 20.9 Å². The summed E-state index contributed by atoms with van der Waals surface area (Å²) in [5, 5.41) is 12.7. The van der Waals surface area contributed by atoms with Gasteiger partial charge in [0.15, 0.2) is 0 Å². The Bertz CT molecular complexity index is 1200. The lowest BCUT2D eigenvalue weighted by Gasteiger charge is -2.18. The van der Waals surface area contributed by atoms with Gasteiger partial charge in [-0.05, 0) is 30.7 Å². The summed E-state index contributed by atoms with van der Waals surface area (Å²) in [6.07, 6.45) is 1.85. The Morgan fingerprint density at radius 2 is 1.90 bits per heavy atom. The molecule has 1 aromatic carbocycles. The van der Waals surface area contributed by atoms with Crippen LogP contribution in [0.1, 0.15) is 30.8 Å². The summed E-state index contributed by atoms with van der Waals surface area (Å²) in [4.78, 5) is 12.8. The van der Waals surface area contributed by atoms with Crippen LogP contribution in [-0.4, -0.2) is 62.1 Å². The summed E-state index contributed by atoms with van der Waals surface area (Å²) < 4.78 is 53.7. The monoisotopic (exact) mass is 470 g/mol. The van der Waals surface area contributed by atoms with Gasteiger partial charge in [0.1, 0.15) is 16.3 Å². The Kier molecular flexibility index (Phi) is 6.35. The van der Waals surface area contributed by atoms with Crippen molar-refractivity contribution in [2.24, 2.45) is 7.05 Å². The number of phenols is 1. The number of nitrogens with zero attached hydrogens (tertiary/aromatic N) is 3. The third kappa shape index (κ3) is 4.41. The number of hydrogen-bond donors (Lipinski definition) is 2. The van der Waals surface area contributed by atoms with Crippen molar-refractivity contribution in [1.82, 2.24) is 8.87 Å². The van der Waals surface area contributed by atoms with Gasteiger partial charge in [-0.1, -0.05) is 13.8 Å². The molecule has 1 aromatic heterocycles. The zero-order valence-corrected chi connectivity index (χ0v) is 19.2. The lowest BCUT2D eigenvalue weighted by molar-refractivity contribution is 0.101. The predicted octanol–water partition coefficient (Wildman–Crippen LogP) is 1.55. The molecule has 2 heterocycles. The molecular formula is C19H26N4O6S2. The predicted molar refractivity (Wildman–Crippen MR) is 117 cm³/mol. The number of aromatic hydroxyl groups is 1. The second kappa shape index (κ2) is 8.52. The number of sulfonamides is 2. The standard InChI is InChI=1S/C19H26N4O6S2/c1-4-22(5-2)31(28,29)15-12-17(21(3)13-15)19(25)20-16-11-14(7-8-18(16)24)23-9-6-10-30(23,26)27/h7-8,11-13,24H,4-6,9-10H2,1-3H3,(H,20,25). The average Bonchev–Trinajstić information content (AvgIpc) is 3.26. The molecule has 2 aromatic rings. The van der Waals surface area contributed by atoms with Crippen molar-refractivity contribution in [2.75, 3.05) is 35.0 Å². The molecule has 1 amide bonds. The highest BCUT2D eigenvalue weighted by Crippen LogP contribution is 2.32. The zero-order chi connectivity index (χ0) is 23.0. The van der Waals surface area contributed by atoms with Crippen molar-refractivity contribution < 1.29 is 26.7 Å². The molecule has 0 bridgehead atoms. The number of nitrogens with one attached hydrogen (secondary N) is 1. The first-order chi connectivity index (χ1) is 14.5. The van der Waals surface area contributed by atoms with Crippen molar-refractivity contribution in [3.63, 3.8) is 0 Å². The molecule has 1 fully saturated rings. The third-order valence-corrected chi connectivity index (χ3v) is 9.06. The van der Waals surface area contributed by atoms with Crippen LogP contribution < -0.4 is 9.62 Å². The number of carbonyl (C=O) groups is 1. The van der Waals surface area contributed by atoms with Gasteiger partial charge >= 0.3 is 0 Å². The van der Waals surface area contributed by atoms with Crippen LogP contribution in [-0.2, 0) is 27.1 Å². The lowest BCUT2D eigenvalue weighted by atomic mass is 10.2. The average molecular weight is 471 g/mol. The maximum atomic E-state index is 12.8. The Morgan fingerprint density at radius 3 is 2.48 bits per heavy atom. The van der Waals surface area contributed by atoms with Crippen LogP contribution in [0.5, 0.6) is 5.75 Å². The normalized spacial score (nSPS) is 16.1. The molecule has 2 N–H and O–H groups in total. The minimum atomic E-state index is -3.74. The van der Waals surface area contributed by atoms with Gasteiger partial charge in [0.05, 0.1) is 17.1 Å². The van der Waals surface area contributed by atoms with Crippen molar-refractivity contribution in [3.8, 4) is 5.75 Å². The van der Waals surface area contributed by atoms with Gasteiger partial charge in [0, 0.05) is 32.9 Å². The topological polar surface area (TPSA) is 129 Å². The van der Waals surface area contributed by atoms with E-state index in [4.69, 9.17) is 0 Å². The number of aryl methyl sites for hydroxylation is 1. The lowest BCUT2D eigenvalue weighted by Crippen LogP contribution is -2.30. The SMILES string of the molecule is CCN(CC)S(=O)(=O)c1cc(C(=O)Nc2cc(N3CCCS3(=O)=O)ccc2O)n(C)c1. The van der Waals surface area contributed by atoms with Gasteiger partial charge in [0.2, 0.25) is 20.0 Å². The van der Waals surface area contributed by atoms with E-state index in [0.717, 1.165) is 0 Å². The first-order valence-electron chi connectivity index (χ1n) is 9.82. The minimum Gasteiger partial charge on any atom is -0.506 e. The molecule has 170 valence electrons. The molecule has 0 saturated carbocycles. The van der Waals surface area contributed by atoms with Crippen LogP contribution in [0.25, 0.3) is 0 Å². The van der Waals surface area contributed by atoms with Crippen molar-refractivity contribution in [3.05, 3.63) is 36.2 Å². The Hall–Kier alpha value is -2.57. The molecule has 0 spiro atoms. The fourth-order valence-electron chi connectivity index (χ4n) is 3.51. The third-order valence-electron chi connectivity index (χ3n) is 5.17. The molecule has 0 aliphatic carbocycles. The van der Waals surface area contributed by atoms with E-state index < -0.39 is 26.0 Å². The number of benzene rings is 1. The number of aromatic nitrogens is 1. The van der Waals surface area contributed by atoms with E-state index in [9.17, 15) is 26.7 Å². The van der Waals surface area contributed by atoms with Crippen LogP contribution >= 0.6 is 0 Å². The second-order valence-electron chi connectivity index (χ2n) is 7.16. The fraction of sp³-hybridized carbons (Fsp3) is 0.421. The number of anilines is 2. The molecule has 0 radical (unpaired) electrons. The molecule has 0 atom stereocenters. The van der Waals surface area contributed by atoms with E-state index >= 15 is 0 Å². The number of hydrogen-bond acceptors (Lipinski definition) is 6. The highest BCUT2D eigenvalue weighted by molar-refractivity contribution is 7.93. The largest absolute Gasteiger partial charge is 0.506 e. The summed E-state index contributed by atoms with van der Waals surface area (Å²) in [6, 6.07) is 5.42. The van der Waals surface area contributed by atoms with E-state index in [-0.39, 0.29) is 27.8 Å². The zero-order valence-electron chi connectivity index (χ0n) is 17.6. The highest BCUT2D eigenvalue weighted by atomic mass is 32.2. The number of phenolic OH excluding ortho intramolecular Hbond substituents is 1. The molecule has 3 rings (SSSR count). The maximum absolute atomic E-state index is 12.8. The van der Waals surface area contributed by atoms with Gasteiger partial charge in [-0.2, -0.15) is 4.31 Å². The summed E-state index contributed by atoms with van der Waals surface area (Å²) in [5.41, 5.74) is 0.436. The van der Waals surface area contributed by atoms with Gasteiger partial charge < -0.3 is 15.0 Å². The van der Waals surface area contributed by atoms with Crippen molar-refractivity contribution >= 4 is 37.3 Å².